The molecule has 15 heavy (non-hydrogen) atoms. The fourth-order valence-electron chi connectivity index (χ4n) is 1.20. The van der Waals surface area contributed by atoms with Crippen LogP contribution in [0, 0.1) is 0 Å². The first kappa shape index (κ1) is 9.85. The van der Waals surface area contributed by atoms with Gasteiger partial charge in [0.2, 0.25) is 0 Å². The zero-order valence-corrected chi connectivity index (χ0v) is 8.74. The first-order valence-electron chi connectivity index (χ1n) is 4.36. The van der Waals surface area contributed by atoms with Gasteiger partial charge in [0.05, 0.1) is 4.88 Å². The van der Waals surface area contributed by atoms with Crippen LogP contribution in [0.15, 0.2) is 16.0 Å². The van der Waals surface area contributed by atoms with Crippen LogP contribution in [0.5, 0.6) is 0 Å². The molecule has 0 bridgehead atoms. The van der Waals surface area contributed by atoms with Gasteiger partial charge >= 0.3 is 5.97 Å². The second kappa shape index (κ2) is 3.82. The fourth-order valence-corrected chi connectivity index (χ4v) is 2.12. The van der Waals surface area contributed by atoms with Crippen LogP contribution in [0.25, 0.3) is 10.8 Å². The standard InChI is InChI=1S/C9H8N2O3S/c1-2-5-3-4-15-6(5)8-10-7(9(12)13)11-14-8/h3-4H,2H2,1H3,(H,12,13). The molecule has 0 aliphatic rings. The largest absolute Gasteiger partial charge is 0.475 e. The molecule has 2 rings (SSSR count). The Labute approximate surface area is 89.4 Å². The van der Waals surface area contributed by atoms with Crippen molar-refractivity contribution >= 4 is 17.3 Å². The number of carbonyl (C=O) groups is 1. The summed E-state index contributed by atoms with van der Waals surface area (Å²) in [4.78, 5) is 15.2. The molecule has 0 spiro atoms. The zero-order valence-electron chi connectivity index (χ0n) is 7.93. The average Bonchev–Trinajstić information content (AvgIpc) is 2.85. The van der Waals surface area contributed by atoms with E-state index in [9.17, 15) is 4.79 Å². The van der Waals surface area contributed by atoms with Gasteiger partial charge in [-0.15, -0.1) is 11.3 Å². The molecule has 0 unspecified atom stereocenters. The number of aromatic carboxylic acids is 1. The molecule has 0 radical (unpaired) electrons. The molecule has 0 saturated carbocycles. The lowest BCUT2D eigenvalue weighted by Crippen LogP contribution is -1.98. The summed E-state index contributed by atoms with van der Waals surface area (Å²) in [6.07, 6.45) is 0.851. The van der Waals surface area contributed by atoms with Gasteiger partial charge in [0.1, 0.15) is 0 Å². The molecule has 0 atom stereocenters. The molecule has 5 nitrogen and oxygen atoms in total. The van der Waals surface area contributed by atoms with Crippen LogP contribution in [-0.2, 0) is 6.42 Å². The lowest BCUT2D eigenvalue weighted by molar-refractivity contribution is 0.0680. The second-order valence-corrected chi connectivity index (χ2v) is 3.77. The van der Waals surface area contributed by atoms with Crippen molar-refractivity contribution in [2.75, 3.05) is 0 Å². The first-order valence-corrected chi connectivity index (χ1v) is 5.24. The number of hydrogen-bond acceptors (Lipinski definition) is 5. The van der Waals surface area contributed by atoms with Crippen molar-refractivity contribution in [3.8, 4) is 10.8 Å². The predicted molar refractivity (Wildman–Crippen MR) is 53.9 cm³/mol. The van der Waals surface area contributed by atoms with Crippen LogP contribution in [0.4, 0.5) is 0 Å². The number of carboxylic acid groups (broad SMARTS) is 1. The number of thiophene rings is 1. The highest BCUT2D eigenvalue weighted by Crippen LogP contribution is 2.28. The summed E-state index contributed by atoms with van der Waals surface area (Å²) in [5.41, 5.74) is 1.08. The van der Waals surface area contributed by atoms with Crippen molar-refractivity contribution in [1.29, 1.82) is 0 Å². The third kappa shape index (κ3) is 1.75. The quantitative estimate of drug-likeness (QED) is 0.863. The Bertz CT molecular complexity index is 489. The molecule has 6 heteroatoms. The van der Waals surface area contributed by atoms with Crippen molar-refractivity contribution in [2.24, 2.45) is 0 Å². The van der Waals surface area contributed by atoms with Gasteiger partial charge in [-0.3, -0.25) is 0 Å². The molecule has 0 aromatic carbocycles. The minimum atomic E-state index is -1.18. The number of hydrogen-bond donors (Lipinski definition) is 1. The fraction of sp³-hybridized carbons (Fsp3) is 0.222. The summed E-state index contributed by atoms with van der Waals surface area (Å²) in [6, 6.07) is 1.96. The van der Waals surface area contributed by atoms with E-state index >= 15 is 0 Å². The van der Waals surface area contributed by atoms with Gasteiger partial charge < -0.3 is 9.63 Å². The van der Waals surface area contributed by atoms with E-state index in [1.54, 1.807) is 0 Å². The molecule has 0 amide bonds. The summed E-state index contributed by atoms with van der Waals surface area (Å²) in [7, 11) is 0. The summed E-state index contributed by atoms with van der Waals surface area (Å²) in [5.74, 6) is -1.21. The molecule has 2 aromatic heterocycles. The maximum absolute atomic E-state index is 10.6. The second-order valence-electron chi connectivity index (χ2n) is 2.86. The molecule has 78 valence electrons. The predicted octanol–water partition coefficient (Wildman–Crippen LogP) is 2.06. The third-order valence-corrected chi connectivity index (χ3v) is 2.88. The van der Waals surface area contributed by atoms with E-state index in [1.165, 1.54) is 11.3 Å². The van der Waals surface area contributed by atoms with Crippen LogP contribution in [0.1, 0.15) is 23.1 Å². The van der Waals surface area contributed by atoms with Gasteiger partial charge in [0.25, 0.3) is 11.7 Å². The lowest BCUT2D eigenvalue weighted by Gasteiger charge is -1.92. The average molecular weight is 224 g/mol. The molecule has 0 saturated heterocycles. The van der Waals surface area contributed by atoms with Gasteiger partial charge in [-0.25, -0.2) is 4.79 Å². The third-order valence-electron chi connectivity index (χ3n) is 1.94. The monoisotopic (exact) mass is 224 g/mol. The Balaban J connectivity index is 2.41. The molecule has 1 N–H and O–H groups in total. The molecule has 2 heterocycles. The van der Waals surface area contributed by atoms with Gasteiger partial charge in [-0.2, -0.15) is 4.98 Å². The minimum absolute atomic E-state index is 0.277. The molecular weight excluding hydrogens is 216 g/mol. The summed E-state index contributed by atoms with van der Waals surface area (Å²) < 4.78 is 4.88. The molecular formula is C9H8N2O3S. The SMILES string of the molecule is CCc1ccsc1-c1nc(C(=O)O)no1. The van der Waals surface area contributed by atoms with E-state index in [0.717, 1.165) is 16.9 Å². The van der Waals surface area contributed by atoms with E-state index in [1.807, 2.05) is 18.4 Å². The topological polar surface area (TPSA) is 76.2 Å². The lowest BCUT2D eigenvalue weighted by atomic mass is 10.2. The Morgan fingerprint density at radius 3 is 3.07 bits per heavy atom. The van der Waals surface area contributed by atoms with E-state index in [0.29, 0.717) is 0 Å². The van der Waals surface area contributed by atoms with Crippen LogP contribution in [-0.4, -0.2) is 21.2 Å². The number of rotatable bonds is 3. The Hall–Kier alpha value is -1.69. The van der Waals surface area contributed by atoms with Crippen molar-refractivity contribution in [1.82, 2.24) is 10.1 Å². The Morgan fingerprint density at radius 1 is 1.67 bits per heavy atom. The van der Waals surface area contributed by atoms with Crippen LogP contribution in [0.2, 0.25) is 0 Å². The van der Waals surface area contributed by atoms with Gasteiger partial charge in [0, 0.05) is 0 Å². The number of carboxylic acids is 1. The van der Waals surface area contributed by atoms with E-state index in [-0.39, 0.29) is 11.7 Å². The van der Waals surface area contributed by atoms with Crippen LogP contribution in [0.3, 0.4) is 0 Å². The number of nitrogens with zero attached hydrogens (tertiary/aromatic N) is 2. The van der Waals surface area contributed by atoms with Crippen molar-refractivity contribution in [2.45, 2.75) is 13.3 Å². The van der Waals surface area contributed by atoms with Crippen LogP contribution >= 0.6 is 11.3 Å². The highest BCUT2D eigenvalue weighted by Gasteiger charge is 2.16. The van der Waals surface area contributed by atoms with E-state index in [4.69, 9.17) is 9.63 Å². The van der Waals surface area contributed by atoms with Gasteiger partial charge in [-0.05, 0) is 28.6 Å². The minimum Gasteiger partial charge on any atom is -0.475 e. The van der Waals surface area contributed by atoms with Gasteiger partial charge in [0.15, 0.2) is 0 Å². The molecule has 0 aliphatic carbocycles. The molecule has 0 aliphatic heterocycles. The van der Waals surface area contributed by atoms with E-state index < -0.39 is 5.97 Å². The Kier molecular flexibility index (Phi) is 2.51. The zero-order chi connectivity index (χ0) is 10.8. The normalized spacial score (nSPS) is 10.5. The number of aromatic nitrogens is 2. The van der Waals surface area contributed by atoms with Crippen molar-refractivity contribution in [3.63, 3.8) is 0 Å². The van der Waals surface area contributed by atoms with Crippen molar-refractivity contribution < 1.29 is 14.4 Å². The van der Waals surface area contributed by atoms with E-state index in [2.05, 4.69) is 10.1 Å². The van der Waals surface area contributed by atoms with Gasteiger partial charge in [-0.1, -0.05) is 6.92 Å². The maximum Gasteiger partial charge on any atom is 0.377 e. The number of aryl methyl sites for hydroxylation is 1. The highest BCUT2D eigenvalue weighted by molar-refractivity contribution is 7.13. The highest BCUT2D eigenvalue weighted by atomic mass is 32.1. The Morgan fingerprint density at radius 2 is 2.47 bits per heavy atom. The maximum atomic E-state index is 10.6. The summed E-state index contributed by atoms with van der Waals surface area (Å²) in [5, 5.41) is 13.9. The molecule has 0 fully saturated rings. The first-order chi connectivity index (χ1) is 7.22. The molecule has 2 aromatic rings. The van der Waals surface area contributed by atoms with Crippen molar-refractivity contribution in [3.05, 3.63) is 22.8 Å². The van der Waals surface area contributed by atoms with Crippen LogP contribution < -0.4 is 0 Å². The smallest absolute Gasteiger partial charge is 0.377 e. The summed E-state index contributed by atoms with van der Waals surface area (Å²) >= 11 is 1.46. The summed E-state index contributed by atoms with van der Waals surface area (Å²) in [6.45, 7) is 2.01.